The van der Waals surface area contributed by atoms with Crippen LogP contribution in [0.3, 0.4) is 0 Å². The molecule has 0 amide bonds. The topological polar surface area (TPSA) is 15.3 Å². The summed E-state index contributed by atoms with van der Waals surface area (Å²) >= 11 is 0. The van der Waals surface area contributed by atoms with Crippen molar-refractivity contribution in [2.75, 3.05) is 19.6 Å². The van der Waals surface area contributed by atoms with Gasteiger partial charge in [0.1, 0.15) is 0 Å². The Hall–Kier alpha value is -0.0800. The molecular formula is C13H24N2. The first-order chi connectivity index (χ1) is 7.38. The van der Waals surface area contributed by atoms with E-state index in [4.69, 9.17) is 0 Å². The van der Waals surface area contributed by atoms with Crippen molar-refractivity contribution in [2.45, 2.75) is 51.1 Å². The standard InChI is InChI=1S/C13H24N2/c1-2-12-9-15(8-7-14-12)13(10-3-4-10)11-5-6-11/h10-14H,2-9H2,1H3. The third-order valence-corrected chi connectivity index (χ3v) is 4.41. The van der Waals surface area contributed by atoms with Crippen molar-refractivity contribution in [1.82, 2.24) is 10.2 Å². The average Bonchev–Trinajstić information content (AvgIpc) is 3.12. The van der Waals surface area contributed by atoms with Gasteiger partial charge in [-0.2, -0.15) is 0 Å². The van der Waals surface area contributed by atoms with Crippen LogP contribution in [0.1, 0.15) is 39.0 Å². The molecule has 1 heterocycles. The number of rotatable bonds is 4. The molecule has 1 unspecified atom stereocenters. The number of nitrogens with zero attached hydrogens (tertiary/aromatic N) is 1. The second-order valence-electron chi connectivity index (χ2n) is 5.72. The molecule has 1 atom stereocenters. The third kappa shape index (κ3) is 2.21. The molecule has 2 nitrogen and oxygen atoms in total. The number of nitrogens with one attached hydrogen (secondary N) is 1. The predicted molar refractivity (Wildman–Crippen MR) is 62.9 cm³/mol. The molecule has 0 aromatic heterocycles. The van der Waals surface area contributed by atoms with Gasteiger partial charge >= 0.3 is 0 Å². The second kappa shape index (κ2) is 4.06. The molecule has 2 saturated carbocycles. The van der Waals surface area contributed by atoms with E-state index in [1.165, 1.54) is 51.7 Å². The highest BCUT2D eigenvalue weighted by molar-refractivity contribution is 4.99. The van der Waals surface area contributed by atoms with Gasteiger partial charge in [0.05, 0.1) is 0 Å². The normalized spacial score (nSPS) is 33.6. The zero-order valence-electron chi connectivity index (χ0n) is 9.91. The summed E-state index contributed by atoms with van der Waals surface area (Å²) in [4.78, 5) is 2.82. The van der Waals surface area contributed by atoms with E-state index in [1.54, 1.807) is 0 Å². The second-order valence-corrected chi connectivity index (χ2v) is 5.72. The number of hydrogen-bond donors (Lipinski definition) is 1. The quantitative estimate of drug-likeness (QED) is 0.758. The van der Waals surface area contributed by atoms with Crippen molar-refractivity contribution in [3.63, 3.8) is 0 Å². The highest BCUT2D eigenvalue weighted by atomic mass is 15.2. The van der Waals surface area contributed by atoms with Crippen LogP contribution in [-0.4, -0.2) is 36.6 Å². The summed E-state index contributed by atoms with van der Waals surface area (Å²) in [6, 6.07) is 1.74. The molecule has 3 aliphatic rings. The Bertz CT molecular complexity index is 209. The predicted octanol–water partition coefficient (Wildman–Crippen LogP) is 1.86. The molecular weight excluding hydrogens is 184 g/mol. The lowest BCUT2D eigenvalue weighted by Crippen LogP contribution is -2.54. The lowest BCUT2D eigenvalue weighted by molar-refractivity contribution is 0.112. The molecule has 1 saturated heterocycles. The molecule has 2 aliphatic carbocycles. The van der Waals surface area contributed by atoms with Gasteiger partial charge in [0.15, 0.2) is 0 Å². The van der Waals surface area contributed by atoms with E-state index in [-0.39, 0.29) is 0 Å². The molecule has 1 N–H and O–H groups in total. The Morgan fingerprint density at radius 1 is 1.20 bits per heavy atom. The van der Waals surface area contributed by atoms with Crippen LogP contribution >= 0.6 is 0 Å². The Labute approximate surface area is 93.4 Å². The first-order valence-electron chi connectivity index (χ1n) is 6.86. The van der Waals surface area contributed by atoms with E-state index in [2.05, 4.69) is 17.1 Å². The summed E-state index contributed by atoms with van der Waals surface area (Å²) < 4.78 is 0. The molecule has 3 rings (SSSR count). The summed E-state index contributed by atoms with van der Waals surface area (Å²) in [6.07, 6.45) is 7.35. The summed E-state index contributed by atoms with van der Waals surface area (Å²) in [5.41, 5.74) is 0. The maximum atomic E-state index is 3.63. The van der Waals surface area contributed by atoms with Crippen molar-refractivity contribution < 1.29 is 0 Å². The zero-order valence-corrected chi connectivity index (χ0v) is 9.91. The van der Waals surface area contributed by atoms with Crippen molar-refractivity contribution in [1.29, 1.82) is 0 Å². The highest BCUT2D eigenvalue weighted by Crippen LogP contribution is 2.47. The minimum atomic E-state index is 0.763. The van der Waals surface area contributed by atoms with E-state index in [0.717, 1.165) is 23.9 Å². The fourth-order valence-electron chi connectivity index (χ4n) is 3.25. The Kier molecular flexibility index (Phi) is 2.73. The van der Waals surface area contributed by atoms with Gasteiger partial charge in [0.2, 0.25) is 0 Å². The van der Waals surface area contributed by atoms with Crippen LogP contribution in [0.5, 0.6) is 0 Å². The first kappa shape index (κ1) is 10.1. The molecule has 2 heteroatoms. The van der Waals surface area contributed by atoms with Crippen molar-refractivity contribution in [2.24, 2.45) is 11.8 Å². The molecule has 1 aliphatic heterocycles. The van der Waals surface area contributed by atoms with Crippen LogP contribution in [0.4, 0.5) is 0 Å². The van der Waals surface area contributed by atoms with Crippen LogP contribution in [-0.2, 0) is 0 Å². The Balaban J connectivity index is 1.62. The van der Waals surface area contributed by atoms with E-state index < -0.39 is 0 Å². The summed E-state index contributed by atoms with van der Waals surface area (Å²) in [6.45, 7) is 6.14. The first-order valence-corrected chi connectivity index (χ1v) is 6.86. The summed E-state index contributed by atoms with van der Waals surface area (Å²) in [5, 5.41) is 3.63. The van der Waals surface area contributed by atoms with Crippen LogP contribution in [0, 0.1) is 11.8 Å². The van der Waals surface area contributed by atoms with Crippen molar-refractivity contribution in [3.05, 3.63) is 0 Å². The summed E-state index contributed by atoms with van der Waals surface area (Å²) in [7, 11) is 0. The fraction of sp³-hybridized carbons (Fsp3) is 1.00. The fourth-order valence-corrected chi connectivity index (χ4v) is 3.25. The molecule has 0 bridgehead atoms. The molecule has 15 heavy (non-hydrogen) atoms. The largest absolute Gasteiger partial charge is 0.311 e. The maximum Gasteiger partial charge on any atom is 0.0193 e. The van der Waals surface area contributed by atoms with Gasteiger partial charge < -0.3 is 5.32 Å². The summed E-state index contributed by atoms with van der Waals surface area (Å²) in [5.74, 6) is 2.15. The van der Waals surface area contributed by atoms with E-state index >= 15 is 0 Å². The van der Waals surface area contributed by atoms with E-state index in [1.807, 2.05) is 0 Å². The molecule has 0 aromatic carbocycles. The molecule has 3 fully saturated rings. The van der Waals surface area contributed by atoms with Crippen LogP contribution in [0.2, 0.25) is 0 Å². The molecule has 0 radical (unpaired) electrons. The van der Waals surface area contributed by atoms with Gasteiger partial charge in [0, 0.05) is 31.7 Å². The lowest BCUT2D eigenvalue weighted by Gasteiger charge is -2.39. The number of piperazine rings is 1. The van der Waals surface area contributed by atoms with Gasteiger partial charge in [-0.3, -0.25) is 4.90 Å². The average molecular weight is 208 g/mol. The maximum absolute atomic E-state index is 3.63. The van der Waals surface area contributed by atoms with E-state index in [9.17, 15) is 0 Å². The number of hydrogen-bond acceptors (Lipinski definition) is 2. The minimum Gasteiger partial charge on any atom is -0.311 e. The zero-order chi connectivity index (χ0) is 10.3. The Morgan fingerprint density at radius 2 is 1.87 bits per heavy atom. The smallest absolute Gasteiger partial charge is 0.0193 e. The van der Waals surface area contributed by atoms with Gasteiger partial charge in [-0.05, 0) is 43.9 Å². The Morgan fingerprint density at radius 3 is 2.40 bits per heavy atom. The lowest BCUT2D eigenvalue weighted by atomic mass is 10.0. The van der Waals surface area contributed by atoms with Crippen molar-refractivity contribution in [3.8, 4) is 0 Å². The molecule has 86 valence electrons. The van der Waals surface area contributed by atoms with Gasteiger partial charge in [-0.15, -0.1) is 0 Å². The highest BCUT2D eigenvalue weighted by Gasteiger charge is 2.45. The van der Waals surface area contributed by atoms with E-state index in [0.29, 0.717) is 0 Å². The minimum absolute atomic E-state index is 0.763. The molecule has 0 spiro atoms. The SMILES string of the molecule is CCC1CN(C(C2CC2)C2CC2)CCN1. The van der Waals surface area contributed by atoms with Crippen molar-refractivity contribution >= 4 is 0 Å². The monoisotopic (exact) mass is 208 g/mol. The van der Waals surface area contributed by atoms with Gasteiger partial charge in [-0.25, -0.2) is 0 Å². The van der Waals surface area contributed by atoms with Crippen LogP contribution in [0.25, 0.3) is 0 Å². The van der Waals surface area contributed by atoms with Gasteiger partial charge in [-0.1, -0.05) is 6.92 Å². The van der Waals surface area contributed by atoms with Crippen LogP contribution in [0.15, 0.2) is 0 Å². The third-order valence-electron chi connectivity index (χ3n) is 4.41. The van der Waals surface area contributed by atoms with Gasteiger partial charge in [0.25, 0.3) is 0 Å². The molecule has 0 aromatic rings. The van der Waals surface area contributed by atoms with Crippen LogP contribution < -0.4 is 5.32 Å².